The molecule has 4 rings (SSSR count). The molecule has 0 atom stereocenters. The van der Waals surface area contributed by atoms with Crippen LogP contribution in [0.5, 0.6) is 0 Å². The lowest BCUT2D eigenvalue weighted by molar-refractivity contribution is -0.136. The molecule has 0 bridgehead atoms. The fraction of sp³-hybridized carbons (Fsp3) is 0.526. The number of benzene rings is 1. The summed E-state index contributed by atoms with van der Waals surface area (Å²) in [7, 11) is 0. The van der Waals surface area contributed by atoms with Crippen LogP contribution in [0.1, 0.15) is 44.0 Å². The summed E-state index contributed by atoms with van der Waals surface area (Å²) in [6.45, 7) is 7.18. The third-order valence-corrected chi connectivity index (χ3v) is 6.03. The van der Waals surface area contributed by atoms with Gasteiger partial charge in [-0.2, -0.15) is 4.37 Å². The van der Waals surface area contributed by atoms with Gasteiger partial charge in [-0.1, -0.05) is 30.3 Å². The van der Waals surface area contributed by atoms with E-state index in [1.54, 1.807) is 0 Å². The van der Waals surface area contributed by atoms with E-state index in [2.05, 4.69) is 9.27 Å². The Hall–Kier alpha value is -1.95. The molecule has 0 radical (unpaired) electrons. The molecule has 1 aromatic carbocycles. The van der Waals surface area contributed by atoms with E-state index in [-0.39, 0.29) is 5.91 Å². The Bertz CT molecular complexity index is 746. The fourth-order valence-electron chi connectivity index (χ4n) is 3.34. The van der Waals surface area contributed by atoms with Crippen molar-refractivity contribution in [1.82, 2.24) is 14.3 Å². The zero-order chi connectivity index (χ0) is 17.4. The van der Waals surface area contributed by atoms with Gasteiger partial charge in [0.25, 0.3) is 0 Å². The molecule has 2 heterocycles. The molecule has 1 aromatic heterocycles. The van der Waals surface area contributed by atoms with E-state index in [0.717, 1.165) is 42.7 Å². The number of amides is 1. The van der Waals surface area contributed by atoms with Crippen molar-refractivity contribution < 1.29 is 4.79 Å². The van der Waals surface area contributed by atoms with Crippen molar-refractivity contribution in [3.8, 4) is 0 Å². The zero-order valence-corrected chi connectivity index (χ0v) is 15.6. The van der Waals surface area contributed by atoms with Crippen molar-refractivity contribution in [2.24, 2.45) is 0 Å². The van der Waals surface area contributed by atoms with Gasteiger partial charge in [0.2, 0.25) is 11.0 Å². The van der Waals surface area contributed by atoms with Crippen molar-refractivity contribution in [2.45, 2.75) is 38.0 Å². The van der Waals surface area contributed by atoms with E-state index in [1.165, 1.54) is 24.4 Å². The Balaban J connectivity index is 1.40. The van der Waals surface area contributed by atoms with Crippen LogP contribution >= 0.6 is 11.5 Å². The van der Waals surface area contributed by atoms with Crippen LogP contribution in [0.4, 0.5) is 5.13 Å². The van der Waals surface area contributed by atoms with Crippen LogP contribution in [0.2, 0.25) is 0 Å². The number of piperazine rings is 1. The Kier molecular flexibility index (Phi) is 4.23. The van der Waals surface area contributed by atoms with E-state index >= 15 is 0 Å². The highest BCUT2D eigenvalue weighted by Gasteiger charge is 2.35. The number of carbonyl (C=O) groups excluding carboxylic acids is 1. The quantitative estimate of drug-likeness (QED) is 0.845. The molecule has 5 nitrogen and oxygen atoms in total. The van der Waals surface area contributed by atoms with E-state index in [4.69, 9.17) is 4.98 Å². The summed E-state index contributed by atoms with van der Waals surface area (Å²) < 4.78 is 4.49. The minimum Gasteiger partial charge on any atom is -0.343 e. The van der Waals surface area contributed by atoms with Gasteiger partial charge >= 0.3 is 0 Å². The summed E-state index contributed by atoms with van der Waals surface area (Å²) in [5.41, 5.74) is 0.575. The summed E-state index contributed by atoms with van der Waals surface area (Å²) in [5.74, 6) is 1.82. The molecule has 1 amide bonds. The van der Waals surface area contributed by atoms with E-state index < -0.39 is 5.41 Å². The first-order chi connectivity index (χ1) is 12.1. The van der Waals surface area contributed by atoms with Gasteiger partial charge < -0.3 is 9.80 Å². The predicted molar refractivity (Wildman–Crippen MR) is 100 cm³/mol. The van der Waals surface area contributed by atoms with Gasteiger partial charge in [-0.05, 0) is 32.3 Å². The van der Waals surface area contributed by atoms with Crippen LogP contribution in [0.15, 0.2) is 30.3 Å². The second kappa shape index (κ2) is 6.41. The van der Waals surface area contributed by atoms with Gasteiger partial charge in [-0.3, -0.25) is 4.79 Å². The number of nitrogens with zero attached hydrogens (tertiary/aromatic N) is 4. The summed E-state index contributed by atoms with van der Waals surface area (Å²) in [6.07, 6.45) is 2.46. The second-order valence-electron chi connectivity index (χ2n) is 7.48. The SMILES string of the molecule is CC(C)(C(=O)N1CCN(c2nc(C3CC3)ns2)CC1)c1ccccc1. The zero-order valence-electron chi connectivity index (χ0n) is 14.8. The Morgan fingerprint density at radius 3 is 2.44 bits per heavy atom. The van der Waals surface area contributed by atoms with Gasteiger partial charge in [-0.25, -0.2) is 4.98 Å². The maximum atomic E-state index is 13.0. The normalized spacial score (nSPS) is 18.5. The fourth-order valence-corrected chi connectivity index (χ4v) is 4.13. The Morgan fingerprint density at radius 1 is 1.12 bits per heavy atom. The monoisotopic (exact) mass is 356 g/mol. The van der Waals surface area contributed by atoms with Crippen molar-refractivity contribution >= 4 is 22.6 Å². The molecular formula is C19H24N4OS. The number of carbonyl (C=O) groups is 1. The molecule has 2 aliphatic rings. The van der Waals surface area contributed by atoms with Crippen molar-refractivity contribution in [3.63, 3.8) is 0 Å². The van der Waals surface area contributed by atoms with E-state index in [1.807, 2.05) is 49.1 Å². The van der Waals surface area contributed by atoms with Crippen molar-refractivity contribution in [1.29, 1.82) is 0 Å². The van der Waals surface area contributed by atoms with Gasteiger partial charge in [0.1, 0.15) is 5.82 Å². The van der Waals surface area contributed by atoms with E-state index in [9.17, 15) is 4.79 Å². The number of anilines is 1. The molecule has 2 aromatic rings. The third-order valence-electron chi connectivity index (χ3n) is 5.24. The maximum Gasteiger partial charge on any atom is 0.232 e. The molecule has 0 N–H and O–H groups in total. The average molecular weight is 356 g/mol. The largest absolute Gasteiger partial charge is 0.343 e. The molecule has 132 valence electrons. The molecule has 1 aliphatic carbocycles. The predicted octanol–water partition coefficient (Wildman–Crippen LogP) is 3.04. The smallest absolute Gasteiger partial charge is 0.232 e. The summed E-state index contributed by atoms with van der Waals surface area (Å²) >= 11 is 1.50. The van der Waals surface area contributed by atoms with Gasteiger partial charge in [-0.15, -0.1) is 0 Å². The maximum absolute atomic E-state index is 13.0. The van der Waals surface area contributed by atoms with E-state index in [0.29, 0.717) is 5.92 Å². The lowest BCUT2D eigenvalue weighted by Gasteiger charge is -2.38. The highest BCUT2D eigenvalue weighted by Crippen LogP contribution is 2.39. The molecule has 1 saturated heterocycles. The second-order valence-corrected chi connectivity index (χ2v) is 8.21. The molecule has 6 heteroatoms. The molecule has 0 spiro atoms. The summed E-state index contributed by atoms with van der Waals surface area (Å²) in [4.78, 5) is 22.0. The van der Waals surface area contributed by atoms with Crippen molar-refractivity contribution in [3.05, 3.63) is 41.7 Å². The van der Waals surface area contributed by atoms with Crippen LogP contribution in [-0.2, 0) is 10.2 Å². The lowest BCUT2D eigenvalue weighted by Crippen LogP contribution is -2.53. The first kappa shape index (κ1) is 16.5. The number of aromatic nitrogens is 2. The molecule has 25 heavy (non-hydrogen) atoms. The number of rotatable bonds is 4. The molecule has 0 unspecified atom stereocenters. The first-order valence-electron chi connectivity index (χ1n) is 8.99. The van der Waals surface area contributed by atoms with Gasteiger partial charge in [0.05, 0.1) is 5.41 Å². The minimum atomic E-state index is -0.495. The standard InChI is InChI=1S/C19H24N4OS/c1-19(2,15-6-4-3-5-7-15)17(24)22-10-12-23(13-11-22)18-20-16(21-25-18)14-8-9-14/h3-7,14H,8-13H2,1-2H3. The summed E-state index contributed by atoms with van der Waals surface area (Å²) in [5, 5.41) is 1.01. The van der Waals surface area contributed by atoms with Crippen LogP contribution < -0.4 is 4.90 Å². The highest BCUT2D eigenvalue weighted by molar-refractivity contribution is 7.09. The minimum absolute atomic E-state index is 0.203. The molecule has 1 saturated carbocycles. The van der Waals surface area contributed by atoms with Crippen LogP contribution in [0, 0.1) is 0 Å². The van der Waals surface area contributed by atoms with Gasteiger partial charge in [0.15, 0.2) is 0 Å². The van der Waals surface area contributed by atoms with Crippen LogP contribution in [0.25, 0.3) is 0 Å². The molecule has 2 fully saturated rings. The van der Waals surface area contributed by atoms with Crippen LogP contribution in [-0.4, -0.2) is 46.3 Å². The number of hydrogen-bond acceptors (Lipinski definition) is 5. The topological polar surface area (TPSA) is 49.3 Å². The first-order valence-corrected chi connectivity index (χ1v) is 9.76. The molecule has 1 aliphatic heterocycles. The summed E-state index contributed by atoms with van der Waals surface area (Å²) in [6, 6.07) is 10.1. The lowest BCUT2D eigenvalue weighted by atomic mass is 9.83. The van der Waals surface area contributed by atoms with Crippen molar-refractivity contribution in [2.75, 3.05) is 31.1 Å². The van der Waals surface area contributed by atoms with Gasteiger partial charge in [0, 0.05) is 43.6 Å². The average Bonchev–Trinajstić information content (AvgIpc) is 3.39. The Labute approximate surface area is 152 Å². The van der Waals surface area contributed by atoms with Crippen LogP contribution in [0.3, 0.4) is 0 Å². The highest BCUT2D eigenvalue weighted by atomic mass is 32.1. The molecular weight excluding hydrogens is 332 g/mol. The number of hydrogen-bond donors (Lipinski definition) is 0. The third kappa shape index (κ3) is 3.27. The Morgan fingerprint density at radius 2 is 1.80 bits per heavy atom.